The topological polar surface area (TPSA) is 264 Å². The van der Waals surface area contributed by atoms with Gasteiger partial charge in [0.15, 0.2) is 25.7 Å². The largest absolute Gasteiger partial charge is 0.695 e. The van der Waals surface area contributed by atoms with Gasteiger partial charge in [0.05, 0.1) is 38.6 Å². The molecule has 1 aliphatic heterocycles. The van der Waals surface area contributed by atoms with Crippen LogP contribution in [-0.4, -0.2) is 104 Å². The number of carbonyl (C=O) groups is 1. The van der Waals surface area contributed by atoms with Gasteiger partial charge in [0, 0.05) is 35.1 Å². The highest BCUT2D eigenvalue weighted by atomic mass is 32.5. The lowest BCUT2D eigenvalue weighted by Gasteiger charge is -2.41. The number of ether oxygens (including phenoxy) is 2. The van der Waals surface area contributed by atoms with Gasteiger partial charge in [-0.1, -0.05) is 34.6 Å². The van der Waals surface area contributed by atoms with Crippen molar-refractivity contribution < 1.29 is 51.4 Å². The molecule has 1 aliphatic carbocycles. The van der Waals surface area contributed by atoms with Gasteiger partial charge in [-0.2, -0.15) is 10.2 Å². The zero-order chi connectivity index (χ0) is 41.7. The summed E-state index contributed by atoms with van der Waals surface area (Å²) in [6.45, 7) is 8.81. The summed E-state index contributed by atoms with van der Waals surface area (Å²) in [4.78, 5) is 54.7. The number of nitriles is 1. The highest BCUT2D eigenvalue weighted by Gasteiger charge is 2.54. The van der Waals surface area contributed by atoms with Crippen molar-refractivity contribution in [3.63, 3.8) is 0 Å². The van der Waals surface area contributed by atoms with Crippen molar-refractivity contribution in [3.8, 4) is 11.9 Å². The van der Waals surface area contributed by atoms with Crippen LogP contribution in [0.4, 0.5) is 5.95 Å². The van der Waals surface area contributed by atoms with Gasteiger partial charge < -0.3 is 28.1 Å². The Bertz CT molecular complexity index is 2030. The number of aliphatic hydroxyl groups is 1. The molecule has 0 radical (unpaired) electrons. The van der Waals surface area contributed by atoms with Gasteiger partial charge in [-0.15, -0.1) is 9.42 Å². The molecule has 2 fully saturated rings. The average Bonchev–Trinajstić information content (AvgIpc) is 3.82. The number of rotatable bonds is 18. The van der Waals surface area contributed by atoms with Crippen molar-refractivity contribution in [1.82, 2.24) is 29.5 Å². The van der Waals surface area contributed by atoms with Crippen molar-refractivity contribution in [3.05, 3.63) is 35.3 Å². The first-order valence-corrected chi connectivity index (χ1v) is 24.9. The van der Waals surface area contributed by atoms with E-state index in [1.54, 1.807) is 19.9 Å². The molecule has 4 heterocycles. The Labute approximate surface area is 336 Å². The van der Waals surface area contributed by atoms with Gasteiger partial charge in [0.1, 0.15) is 36.8 Å². The van der Waals surface area contributed by atoms with E-state index in [4.69, 9.17) is 43.8 Å². The Hall–Kier alpha value is -3.16. The van der Waals surface area contributed by atoms with E-state index in [1.165, 1.54) is 23.4 Å². The lowest BCUT2D eigenvalue weighted by molar-refractivity contribution is -0.118. The zero-order valence-corrected chi connectivity index (χ0v) is 36.2. The number of aromatic amines is 1. The van der Waals surface area contributed by atoms with Crippen molar-refractivity contribution in [2.45, 2.75) is 109 Å². The predicted octanol–water partition coefficient (Wildman–Crippen LogP) is 4.23. The van der Waals surface area contributed by atoms with Crippen molar-refractivity contribution >= 4 is 58.1 Å². The maximum absolute atomic E-state index is 13.2. The molecule has 0 spiro atoms. The molecular weight excluding hydrogens is 823 g/mol. The van der Waals surface area contributed by atoms with Crippen LogP contribution >= 0.6 is 15.0 Å². The van der Waals surface area contributed by atoms with Crippen LogP contribution in [0.25, 0.3) is 11.2 Å². The maximum Gasteiger partial charge on any atom is 0.695 e. The number of fused-ring (bicyclic) bond motifs is 1. The summed E-state index contributed by atoms with van der Waals surface area (Å²) in [7, 11) is -5.63. The van der Waals surface area contributed by atoms with E-state index in [1.807, 2.05) is 39.9 Å². The fourth-order valence-electron chi connectivity index (χ4n) is 5.99. The molecule has 1 amide bonds. The molecule has 0 bridgehead atoms. The molecule has 1 saturated carbocycles. The minimum absolute atomic E-state index is 0.0273. The van der Waals surface area contributed by atoms with Gasteiger partial charge in [-0.3, -0.25) is 29.0 Å². The van der Waals surface area contributed by atoms with Crippen molar-refractivity contribution in [2.75, 3.05) is 25.1 Å². The normalized spacial score (nSPS) is 25.4. The minimum atomic E-state index is -3.90. The third-order valence-corrected chi connectivity index (χ3v) is 17.3. The average molecular weight is 872 g/mol. The Morgan fingerprint density at radius 3 is 2.65 bits per heavy atom. The van der Waals surface area contributed by atoms with E-state index in [-0.39, 0.29) is 54.1 Å². The predicted molar refractivity (Wildman–Crippen MR) is 210 cm³/mol. The molecule has 1 saturated heterocycles. The van der Waals surface area contributed by atoms with Crippen LogP contribution in [0, 0.1) is 23.2 Å². The number of hydrogen-bond donors (Lipinski definition) is 4. The highest BCUT2D eigenvalue weighted by molar-refractivity contribution is 8.07. The van der Waals surface area contributed by atoms with Crippen LogP contribution in [0.2, 0.25) is 18.1 Å². The molecule has 24 heteroatoms. The number of carbonyl (C=O) groups excluding carboxylic acids is 1. The molecule has 20 nitrogen and oxygen atoms in total. The van der Waals surface area contributed by atoms with E-state index in [2.05, 4.69) is 30.2 Å². The monoisotopic (exact) mass is 871 g/mol. The van der Waals surface area contributed by atoms with E-state index < -0.39 is 84.0 Å². The van der Waals surface area contributed by atoms with Crippen LogP contribution < -0.4 is 15.6 Å². The van der Waals surface area contributed by atoms with Crippen LogP contribution in [0.1, 0.15) is 60.1 Å². The summed E-state index contributed by atoms with van der Waals surface area (Å²) in [6.07, 6.45) is -0.907. The summed E-state index contributed by atoms with van der Waals surface area (Å²) >= 11 is 6.02. The van der Waals surface area contributed by atoms with Crippen LogP contribution in [0.3, 0.4) is 0 Å². The van der Waals surface area contributed by atoms with Crippen molar-refractivity contribution in [2.24, 2.45) is 11.8 Å². The van der Waals surface area contributed by atoms with E-state index in [0.717, 1.165) is 0 Å². The van der Waals surface area contributed by atoms with Crippen molar-refractivity contribution in [1.29, 1.82) is 5.26 Å². The fourth-order valence-corrected chi connectivity index (χ4v) is 9.91. The molecule has 57 heavy (non-hydrogen) atoms. The third kappa shape index (κ3) is 11.1. The smallest absolute Gasteiger partial charge is 0.474 e. The Morgan fingerprint density at radius 2 is 2.02 bits per heavy atom. The number of aromatic nitrogens is 6. The summed E-state index contributed by atoms with van der Waals surface area (Å²) < 4.78 is 57.0. The Morgan fingerprint density at radius 1 is 1.26 bits per heavy atom. The van der Waals surface area contributed by atoms with Crippen LogP contribution in [0.15, 0.2) is 29.7 Å². The Kier molecular flexibility index (Phi) is 14.8. The molecule has 2 aliphatic rings. The lowest BCUT2D eigenvalue weighted by atomic mass is 10.1. The SMILES string of the molecule is CC(C)C(=O)Nc1nc2c(ncn2[C@@H]2O[C@H](CO)[C@@H](O[Si](C)(C)C(C)(C)C)[C@H]2O[P@@](=S)(OCCC#N)OC[C@H]2C[C@@H](Oc3ccncn3)C[C@@H]2O[P+](=O)O)c(=O)[nH]1. The standard InChI is InChI=1S/C33H48N8O12P2SSi/c1-19(2)29(43)39-32-38-28-25(30(44)40-32)37-18-41(28)31-27(26(23(15-42)50-31)53-57(6,7)33(3,4)5)52-55(56,47-12-8-10-34)48-16-20-13-21(14-22(20)51-54(45)46)49-24-9-11-35-17-36-24/h9,11,17-23,26-27,31,42H,8,12-16H2,1-7H3,(H2-,38,39,40,43,44,45,46)/p+1/t20-,21-,22+,23-,26-,27-,31-,55-/m1/s1. The first kappa shape index (κ1) is 44.9. The van der Waals surface area contributed by atoms with E-state index >= 15 is 0 Å². The number of nitrogens with one attached hydrogen (secondary N) is 2. The van der Waals surface area contributed by atoms with Gasteiger partial charge >= 0.3 is 15.0 Å². The minimum Gasteiger partial charge on any atom is -0.474 e. The zero-order valence-electron chi connectivity index (χ0n) is 32.6. The number of aliphatic hydroxyl groups excluding tert-OH is 1. The highest BCUT2D eigenvalue weighted by Crippen LogP contribution is 2.56. The van der Waals surface area contributed by atoms with Gasteiger partial charge in [0.2, 0.25) is 17.7 Å². The number of H-pyrrole nitrogens is 1. The van der Waals surface area contributed by atoms with Gasteiger partial charge in [-0.25, -0.2) is 15.0 Å². The molecule has 312 valence electrons. The second-order valence-electron chi connectivity index (χ2n) is 15.4. The first-order valence-electron chi connectivity index (χ1n) is 18.3. The summed E-state index contributed by atoms with van der Waals surface area (Å²) in [5.74, 6) is -1.13. The second kappa shape index (κ2) is 18.8. The quantitative estimate of drug-likeness (QED) is 0.0791. The number of amides is 1. The first-order chi connectivity index (χ1) is 26.8. The number of imidazole rings is 1. The summed E-state index contributed by atoms with van der Waals surface area (Å²) in [6, 6.07) is 3.60. The van der Waals surface area contributed by atoms with E-state index in [0.29, 0.717) is 12.3 Å². The number of nitrogens with zero attached hydrogens (tertiary/aromatic N) is 6. The van der Waals surface area contributed by atoms with Crippen LogP contribution in [-0.2, 0) is 48.4 Å². The molecule has 3 aromatic rings. The lowest BCUT2D eigenvalue weighted by Crippen LogP contribution is -2.50. The third-order valence-electron chi connectivity index (χ3n) is 9.99. The maximum atomic E-state index is 13.2. The summed E-state index contributed by atoms with van der Waals surface area (Å²) in [5.41, 5.74) is -0.669. The Balaban J connectivity index is 1.52. The molecule has 5 rings (SSSR count). The van der Waals surface area contributed by atoms with Crippen LogP contribution in [0.5, 0.6) is 5.88 Å². The number of hydrogen-bond acceptors (Lipinski definition) is 17. The molecule has 4 N–H and O–H groups in total. The van der Waals surface area contributed by atoms with Gasteiger partial charge in [-0.05, 0) is 36.4 Å². The molecule has 1 unspecified atom stereocenters. The molecule has 3 aromatic heterocycles. The number of anilines is 1. The fraction of sp³-hybridized carbons (Fsp3) is 0.667. The van der Waals surface area contributed by atoms with E-state index in [9.17, 15) is 29.4 Å². The molecular formula is C33H49N8O12P2SSi+. The van der Waals surface area contributed by atoms with Gasteiger partial charge in [0.25, 0.3) is 5.56 Å². The molecule has 0 aromatic carbocycles. The summed E-state index contributed by atoms with van der Waals surface area (Å²) in [5, 5.41) is 22.4. The second-order valence-corrected chi connectivity index (χ2v) is 23.8. The molecule has 9 atom stereocenters.